The van der Waals surface area contributed by atoms with Crippen molar-refractivity contribution in [3.05, 3.63) is 0 Å². The van der Waals surface area contributed by atoms with Gasteiger partial charge in [0.05, 0.1) is 0 Å². The van der Waals surface area contributed by atoms with Crippen LogP contribution in [0.3, 0.4) is 0 Å². The molecule has 0 saturated carbocycles. The Balaban J connectivity index is 0. The Morgan fingerprint density at radius 1 is 2.20 bits per heavy atom. The predicted molar refractivity (Wildman–Crippen MR) is 14.8 cm³/mol. The smallest absolute Gasteiger partial charge is 0.773 e. The van der Waals surface area contributed by atoms with E-state index in [9.17, 15) is 8.76 Å². The van der Waals surface area contributed by atoms with Gasteiger partial charge < -0.3 is 4.55 Å². The van der Waals surface area contributed by atoms with Crippen molar-refractivity contribution in [3.8, 4) is 0 Å². The first-order valence-corrected chi connectivity index (χ1v) is 1.61. The molecule has 0 aliphatic heterocycles. The molecule has 0 aliphatic rings. The molecule has 0 bridgehead atoms. The fraction of sp³-hybridized carbons (Fsp3) is 1.00. The second-order valence-corrected chi connectivity index (χ2v) is 0.704. The van der Waals surface area contributed by atoms with Gasteiger partial charge in [0.25, 0.3) is 0 Å². The van der Waals surface area contributed by atoms with Crippen molar-refractivity contribution in [2.45, 2.75) is 0 Å². The first-order valence-electron chi connectivity index (χ1n) is 2.04. The second kappa shape index (κ2) is 5.11. The molecule has 0 amide bonds. The molecule has 0 aromatic rings. The molecule has 0 rings (SSSR count). The monoisotopic (exact) mass is 105 g/mol. The quantitative estimate of drug-likeness (QED) is 0.237. The molecule has 0 fully saturated rings. The summed E-state index contributed by atoms with van der Waals surface area (Å²) in [5.41, 5.74) is 0. The maximum Gasteiger partial charge on any atom is 1.00 e. The molecule has 0 aromatic heterocycles. The van der Waals surface area contributed by atoms with Crippen LogP contribution >= 0.6 is 0 Å². The first-order chi connectivity index (χ1) is 2.94. The minimum absolute atomic E-state index is 0. The van der Waals surface area contributed by atoms with E-state index in [-0.39, 0.29) is 29.6 Å². The van der Waals surface area contributed by atoms with Crippen LogP contribution in [0.4, 0.5) is 0 Å². The molecule has 0 aliphatic carbocycles. The molecule has 2 nitrogen and oxygen atoms in total. The van der Waals surface area contributed by atoms with Gasteiger partial charge in [-0.25, -0.2) is 0 Å². The van der Waals surface area contributed by atoms with Crippen molar-refractivity contribution < 1.29 is 42.4 Å². The Labute approximate surface area is 59.7 Å². The van der Waals surface area contributed by atoms with Crippen LogP contribution in [-0.2, 0) is 11.1 Å². The minimum atomic E-state index is -2.93. The Kier molecular flexibility index (Phi) is 3.23. The zero-order chi connectivity index (χ0) is 6.08. The van der Waals surface area contributed by atoms with Gasteiger partial charge >= 0.3 is 29.6 Å². The Bertz CT molecular complexity index is 89.8. The maximum absolute atomic E-state index is 9.46. The molecule has 1 atom stereocenters. The minimum Gasteiger partial charge on any atom is -0.773 e. The number of hydrogen-bond donors (Lipinski definition) is 0. The molecule has 0 spiro atoms. The van der Waals surface area contributed by atoms with E-state index in [1.165, 1.54) is 0 Å². The van der Waals surface area contributed by atoms with Crippen LogP contribution in [0.25, 0.3) is 0 Å². The van der Waals surface area contributed by atoms with Crippen molar-refractivity contribution >= 4 is 11.1 Å². The summed E-state index contributed by atoms with van der Waals surface area (Å²) in [4.78, 5) is 0. The molecule has 0 radical (unpaired) electrons. The summed E-state index contributed by atoms with van der Waals surface area (Å²) in [6.45, 7) is 0. The van der Waals surface area contributed by atoms with E-state index in [1.807, 2.05) is 0 Å². The number of hydrogen-bond acceptors (Lipinski definition) is 2. The van der Waals surface area contributed by atoms with E-state index in [2.05, 4.69) is 0 Å². The number of rotatable bonds is 0. The average Bonchev–Trinajstić information content (AvgIpc) is 1.31. The Morgan fingerprint density at radius 3 is 2.40 bits per heavy atom. The van der Waals surface area contributed by atoms with Crippen LogP contribution in [0.2, 0.25) is 0 Å². The third-order valence-electron chi connectivity index (χ3n) is 0. The van der Waals surface area contributed by atoms with E-state index in [0.717, 1.165) is 0 Å². The molecule has 1 unspecified atom stereocenters. The summed E-state index contributed by atoms with van der Waals surface area (Å²) >= 11 is -2.93. The molecule has 0 saturated heterocycles. The zero-order valence-electron chi connectivity index (χ0n) is 5.72. The van der Waals surface area contributed by atoms with E-state index >= 15 is 0 Å². The van der Waals surface area contributed by atoms with Gasteiger partial charge in [0.1, 0.15) is 0 Å². The fourth-order valence-corrected chi connectivity index (χ4v) is 0. The summed E-state index contributed by atoms with van der Waals surface area (Å²) in [6, 6.07) is 0. The second-order valence-electron chi connectivity index (χ2n) is 0.235. The van der Waals surface area contributed by atoms with Crippen LogP contribution in [0.1, 0.15) is 4.11 Å². The zero-order valence-corrected chi connectivity index (χ0v) is 5.54. The van der Waals surface area contributed by atoms with Crippen molar-refractivity contribution in [1.29, 1.82) is 0 Å². The fourth-order valence-electron chi connectivity index (χ4n) is 0. The van der Waals surface area contributed by atoms with Gasteiger partial charge in [-0.3, -0.25) is 4.21 Å². The molecule has 26 valence electrons. The topological polar surface area (TPSA) is 40.1 Å². The molecule has 0 heterocycles. The van der Waals surface area contributed by atoms with Gasteiger partial charge in [-0.2, -0.15) is 0 Å². The summed E-state index contributed by atoms with van der Waals surface area (Å²) in [7, 11) is 0. The van der Waals surface area contributed by atoms with Crippen LogP contribution < -0.4 is 29.6 Å². The molecular weight excluding hydrogens is 99.1 g/mol. The van der Waals surface area contributed by atoms with Gasteiger partial charge in [0, 0.05) is 4.11 Å². The van der Waals surface area contributed by atoms with Gasteiger partial charge in [0.15, 0.2) is 0 Å². The molecular formula is CH3NaO2S. The SMILES string of the molecule is [2H]C([2H])([2H])S(=O)[O-].[Na+]. The van der Waals surface area contributed by atoms with Gasteiger partial charge in [0.2, 0.25) is 0 Å². The summed E-state index contributed by atoms with van der Waals surface area (Å²) in [6.07, 6.45) is -2.83. The normalized spacial score (nSPS) is 23.8. The van der Waals surface area contributed by atoms with Crippen molar-refractivity contribution in [2.24, 2.45) is 0 Å². The van der Waals surface area contributed by atoms with Crippen LogP contribution in [0.15, 0.2) is 0 Å². The summed E-state index contributed by atoms with van der Waals surface area (Å²) in [5.74, 6) is 0. The van der Waals surface area contributed by atoms with E-state index in [4.69, 9.17) is 4.11 Å². The van der Waals surface area contributed by atoms with Crippen molar-refractivity contribution in [2.75, 3.05) is 6.18 Å². The molecule has 5 heavy (non-hydrogen) atoms. The summed E-state index contributed by atoms with van der Waals surface area (Å²) < 4.78 is 37.2. The van der Waals surface area contributed by atoms with Crippen LogP contribution in [-0.4, -0.2) is 14.9 Å². The standard InChI is InChI=1S/CH4O2S.Na/c1-4(2)3;/h1H3,(H,2,3);/q;+1/p-1/i1D3;. The van der Waals surface area contributed by atoms with E-state index in [1.54, 1.807) is 0 Å². The van der Waals surface area contributed by atoms with Gasteiger partial charge in [-0.1, -0.05) is 11.1 Å². The average molecular weight is 105 g/mol. The van der Waals surface area contributed by atoms with Crippen molar-refractivity contribution in [1.82, 2.24) is 0 Å². The van der Waals surface area contributed by atoms with Gasteiger partial charge in [-0.05, 0) is 6.18 Å². The molecule has 4 heteroatoms. The van der Waals surface area contributed by atoms with Gasteiger partial charge in [-0.15, -0.1) is 0 Å². The van der Waals surface area contributed by atoms with E-state index < -0.39 is 17.3 Å². The van der Waals surface area contributed by atoms with Crippen molar-refractivity contribution in [3.63, 3.8) is 0 Å². The Hall–Kier alpha value is 1.11. The summed E-state index contributed by atoms with van der Waals surface area (Å²) in [5, 5.41) is 0. The molecule has 0 aromatic carbocycles. The van der Waals surface area contributed by atoms with E-state index in [0.29, 0.717) is 0 Å². The largest absolute Gasteiger partial charge is 1.00 e. The Morgan fingerprint density at radius 2 is 2.40 bits per heavy atom. The third-order valence-corrected chi connectivity index (χ3v) is 0. The predicted octanol–water partition coefficient (Wildman–Crippen LogP) is -3.50. The maximum atomic E-state index is 9.46. The third kappa shape index (κ3) is 40.1. The van der Waals surface area contributed by atoms with Crippen LogP contribution in [0, 0.1) is 0 Å². The molecule has 0 N–H and O–H groups in total. The first kappa shape index (κ1) is 3.16. The van der Waals surface area contributed by atoms with Crippen LogP contribution in [0.5, 0.6) is 0 Å².